The molecule has 2 heterocycles. The molecule has 2 amide bonds. The zero-order chi connectivity index (χ0) is 23.7. The van der Waals surface area contributed by atoms with E-state index in [0.717, 1.165) is 22.7 Å². The summed E-state index contributed by atoms with van der Waals surface area (Å²) in [5.74, 6) is -0.130. The lowest BCUT2D eigenvalue weighted by molar-refractivity contribution is -0.384. The second-order valence-corrected chi connectivity index (χ2v) is 8.25. The average molecular weight is 489 g/mol. The van der Waals surface area contributed by atoms with Gasteiger partial charge in [0, 0.05) is 17.2 Å². The van der Waals surface area contributed by atoms with Gasteiger partial charge in [0.15, 0.2) is 0 Å². The Kier molecular flexibility index (Phi) is 6.21. The van der Waals surface area contributed by atoms with E-state index in [-0.39, 0.29) is 27.9 Å². The van der Waals surface area contributed by atoms with Gasteiger partial charge < -0.3 is 9.15 Å². The summed E-state index contributed by atoms with van der Waals surface area (Å²) in [5, 5.41) is 10.6. The van der Waals surface area contributed by atoms with Crippen LogP contribution in [0.15, 0.2) is 57.9 Å². The van der Waals surface area contributed by atoms with Crippen molar-refractivity contribution >= 4 is 46.3 Å². The third-order valence-electron chi connectivity index (χ3n) is 4.78. The fourth-order valence-electron chi connectivity index (χ4n) is 3.16. The summed E-state index contributed by atoms with van der Waals surface area (Å²) < 4.78 is 24.2. The number of furan rings is 1. The summed E-state index contributed by atoms with van der Waals surface area (Å²) in [7, 11) is 1.38. The van der Waals surface area contributed by atoms with E-state index in [2.05, 4.69) is 0 Å². The van der Waals surface area contributed by atoms with Gasteiger partial charge in [0.2, 0.25) is 0 Å². The van der Waals surface area contributed by atoms with Crippen LogP contribution < -0.4 is 4.74 Å². The molecule has 0 unspecified atom stereocenters. The molecule has 1 aromatic heterocycles. The summed E-state index contributed by atoms with van der Waals surface area (Å²) in [6.07, 6.45) is 1.43. The molecule has 3 aromatic rings. The Hall–Kier alpha value is -3.63. The minimum Gasteiger partial charge on any atom is -0.496 e. The highest BCUT2D eigenvalue weighted by molar-refractivity contribution is 8.18. The summed E-state index contributed by atoms with van der Waals surface area (Å²) in [6, 6.07) is 11.1. The Balaban J connectivity index is 1.57. The molecule has 2 aromatic carbocycles. The van der Waals surface area contributed by atoms with Crippen LogP contribution in [0.4, 0.5) is 14.9 Å². The van der Waals surface area contributed by atoms with E-state index in [1.807, 2.05) is 0 Å². The first-order valence-electron chi connectivity index (χ1n) is 9.38. The van der Waals surface area contributed by atoms with Gasteiger partial charge in [0.05, 0.1) is 35.1 Å². The van der Waals surface area contributed by atoms with Crippen molar-refractivity contribution in [1.82, 2.24) is 4.90 Å². The predicted molar refractivity (Wildman–Crippen MR) is 120 cm³/mol. The third kappa shape index (κ3) is 4.62. The minimum absolute atomic E-state index is 0.0927. The van der Waals surface area contributed by atoms with E-state index in [0.29, 0.717) is 22.6 Å². The highest BCUT2D eigenvalue weighted by atomic mass is 35.5. The van der Waals surface area contributed by atoms with Crippen molar-refractivity contribution in [2.45, 2.75) is 6.54 Å². The fraction of sp³-hybridized carbons (Fsp3) is 0.0909. The molecule has 1 fully saturated rings. The molecule has 0 atom stereocenters. The molecule has 0 spiro atoms. The van der Waals surface area contributed by atoms with Crippen LogP contribution in [0.3, 0.4) is 0 Å². The van der Waals surface area contributed by atoms with Crippen LogP contribution in [0.2, 0.25) is 5.02 Å². The quantitative estimate of drug-likeness (QED) is 0.242. The molecule has 33 heavy (non-hydrogen) atoms. The SMILES string of the molecule is COc1cc([N+](=O)[O-])ccc1-c1ccc(/C=C2\SC(=O)N(Cc3ccc(F)cc3Cl)C2=O)o1. The number of imide groups is 1. The van der Waals surface area contributed by atoms with E-state index in [9.17, 15) is 24.1 Å². The van der Waals surface area contributed by atoms with Crippen molar-refractivity contribution in [3.05, 3.63) is 85.7 Å². The number of hydrogen-bond donors (Lipinski definition) is 0. The van der Waals surface area contributed by atoms with E-state index in [4.69, 9.17) is 20.8 Å². The molecule has 8 nitrogen and oxygen atoms in total. The maximum atomic E-state index is 13.3. The molecule has 1 aliphatic rings. The Labute approximate surface area is 195 Å². The van der Waals surface area contributed by atoms with Gasteiger partial charge in [-0.3, -0.25) is 24.6 Å². The summed E-state index contributed by atoms with van der Waals surface area (Å²) in [4.78, 5) is 36.7. The average Bonchev–Trinajstić information content (AvgIpc) is 3.35. The number of nitro benzene ring substituents is 1. The Morgan fingerprint density at radius 1 is 1.21 bits per heavy atom. The Bertz CT molecular complexity index is 1320. The van der Waals surface area contributed by atoms with Crippen LogP contribution in [0.25, 0.3) is 17.4 Å². The van der Waals surface area contributed by atoms with Gasteiger partial charge in [0.1, 0.15) is 23.1 Å². The largest absolute Gasteiger partial charge is 0.496 e. The number of carbonyl (C=O) groups is 2. The second kappa shape index (κ2) is 9.08. The maximum absolute atomic E-state index is 13.3. The molecule has 0 N–H and O–H groups in total. The topological polar surface area (TPSA) is 103 Å². The van der Waals surface area contributed by atoms with Gasteiger partial charge in [-0.15, -0.1) is 0 Å². The number of thioether (sulfide) groups is 1. The zero-order valence-electron chi connectivity index (χ0n) is 16.9. The number of amides is 2. The van der Waals surface area contributed by atoms with Crippen molar-refractivity contribution in [1.29, 1.82) is 0 Å². The lowest BCUT2D eigenvalue weighted by Gasteiger charge is -2.13. The number of rotatable bonds is 6. The van der Waals surface area contributed by atoms with Gasteiger partial charge in [-0.25, -0.2) is 4.39 Å². The van der Waals surface area contributed by atoms with Crippen LogP contribution in [0, 0.1) is 15.9 Å². The summed E-state index contributed by atoms with van der Waals surface area (Å²) in [6.45, 7) is -0.0927. The van der Waals surface area contributed by atoms with E-state index < -0.39 is 21.9 Å². The van der Waals surface area contributed by atoms with Crippen molar-refractivity contribution in [3.8, 4) is 17.1 Å². The van der Waals surface area contributed by atoms with Crippen molar-refractivity contribution in [2.24, 2.45) is 0 Å². The van der Waals surface area contributed by atoms with Crippen LogP contribution in [0.1, 0.15) is 11.3 Å². The molecule has 0 saturated carbocycles. The first-order valence-corrected chi connectivity index (χ1v) is 10.6. The van der Waals surface area contributed by atoms with Gasteiger partial charge in [-0.2, -0.15) is 0 Å². The van der Waals surface area contributed by atoms with Gasteiger partial charge in [-0.05, 0) is 47.7 Å². The minimum atomic E-state index is -0.533. The first kappa shape index (κ1) is 22.6. The van der Waals surface area contributed by atoms with Gasteiger partial charge in [0.25, 0.3) is 16.8 Å². The summed E-state index contributed by atoms with van der Waals surface area (Å²) >= 11 is 6.75. The molecular formula is C22H14ClFN2O6S. The Morgan fingerprint density at radius 3 is 2.70 bits per heavy atom. The third-order valence-corrected chi connectivity index (χ3v) is 6.04. The van der Waals surface area contributed by atoms with Crippen LogP contribution in [-0.4, -0.2) is 28.1 Å². The number of non-ortho nitro benzene ring substituents is 1. The summed E-state index contributed by atoms with van der Waals surface area (Å²) in [5.41, 5.74) is 0.797. The van der Waals surface area contributed by atoms with E-state index in [1.54, 1.807) is 12.1 Å². The number of ether oxygens (including phenoxy) is 1. The van der Waals surface area contributed by atoms with Crippen molar-refractivity contribution < 1.29 is 28.1 Å². The standard InChI is InChI=1S/C22H14ClFN2O6S/c1-31-19-9-14(26(29)30)4-6-16(19)18-7-5-15(32-18)10-20-21(27)25(22(28)33-20)11-12-2-3-13(24)8-17(12)23/h2-10H,11H2,1H3/b20-10-. The number of nitro groups is 1. The van der Waals surface area contributed by atoms with Crippen molar-refractivity contribution in [3.63, 3.8) is 0 Å². The van der Waals surface area contributed by atoms with Crippen LogP contribution in [0.5, 0.6) is 5.75 Å². The second-order valence-electron chi connectivity index (χ2n) is 6.85. The lowest BCUT2D eigenvalue weighted by Crippen LogP contribution is -2.27. The van der Waals surface area contributed by atoms with E-state index >= 15 is 0 Å². The zero-order valence-corrected chi connectivity index (χ0v) is 18.5. The van der Waals surface area contributed by atoms with Crippen molar-refractivity contribution in [2.75, 3.05) is 7.11 Å². The molecule has 11 heteroatoms. The van der Waals surface area contributed by atoms with Crippen LogP contribution >= 0.6 is 23.4 Å². The number of nitrogens with zero attached hydrogens (tertiary/aromatic N) is 2. The predicted octanol–water partition coefficient (Wildman–Crippen LogP) is 5.89. The molecule has 0 bridgehead atoms. The maximum Gasteiger partial charge on any atom is 0.293 e. The van der Waals surface area contributed by atoms with E-state index in [1.165, 1.54) is 43.5 Å². The first-order chi connectivity index (χ1) is 15.8. The Morgan fingerprint density at radius 2 is 2.00 bits per heavy atom. The van der Waals surface area contributed by atoms with Gasteiger partial charge >= 0.3 is 0 Å². The monoisotopic (exact) mass is 488 g/mol. The molecule has 168 valence electrons. The molecule has 0 aliphatic carbocycles. The highest BCUT2D eigenvalue weighted by Gasteiger charge is 2.35. The molecule has 1 saturated heterocycles. The number of halogens is 2. The normalized spacial score (nSPS) is 14.9. The highest BCUT2D eigenvalue weighted by Crippen LogP contribution is 2.37. The number of hydrogen-bond acceptors (Lipinski definition) is 7. The fourth-order valence-corrected chi connectivity index (χ4v) is 4.20. The number of methoxy groups -OCH3 is 1. The van der Waals surface area contributed by atoms with Gasteiger partial charge in [-0.1, -0.05) is 17.7 Å². The molecule has 1 aliphatic heterocycles. The smallest absolute Gasteiger partial charge is 0.293 e. The number of carbonyl (C=O) groups excluding carboxylic acids is 2. The molecule has 0 radical (unpaired) electrons. The van der Waals surface area contributed by atoms with Crippen LogP contribution in [-0.2, 0) is 11.3 Å². The number of benzene rings is 2. The lowest BCUT2D eigenvalue weighted by atomic mass is 10.1. The molecule has 4 rings (SSSR count). The molecular weight excluding hydrogens is 475 g/mol.